The Hall–Kier alpha value is -2.40. The molecule has 0 saturated carbocycles. The van der Waals surface area contributed by atoms with Crippen molar-refractivity contribution in [1.29, 1.82) is 0 Å². The van der Waals surface area contributed by atoms with Crippen LogP contribution in [0, 0.1) is 5.92 Å². The van der Waals surface area contributed by atoms with Crippen molar-refractivity contribution in [2.24, 2.45) is 11.0 Å². The number of hydrogen-bond donors (Lipinski definition) is 2. The third kappa shape index (κ3) is 2.68. The lowest BCUT2D eigenvalue weighted by Crippen LogP contribution is -2.48. The summed E-state index contributed by atoms with van der Waals surface area (Å²) in [5, 5.41) is 16.3. The zero-order chi connectivity index (χ0) is 15.8. The van der Waals surface area contributed by atoms with Crippen LogP contribution in [-0.2, 0) is 0 Å². The number of hydrogen-bond acceptors (Lipinski definition) is 4. The van der Waals surface area contributed by atoms with Crippen molar-refractivity contribution < 1.29 is 9.90 Å². The van der Waals surface area contributed by atoms with E-state index in [4.69, 9.17) is 0 Å². The highest BCUT2D eigenvalue weighted by molar-refractivity contribution is 6.02. The highest BCUT2D eigenvalue weighted by Crippen LogP contribution is 2.26. The van der Waals surface area contributed by atoms with Crippen molar-refractivity contribution >= 4 is 22.4 Å². The second-order valence-electron chi connectivity index (χ2n) is 6.31. The van der Waals surface area contributed by atoms with Crippen molar-refractivity contribution in [3.63, 3.8) is 0 Å². The van der Waals surface area contributed by atoms with Gasteiger partial charge >= 0.3 is 0 Å². The Balaban J connectivity index is 1.56. The number of aromatic hydroxyl groups is 1. The molecule has 1 amide bonds. The Morgan fingerprint density at radius 2 is 1.87 bits per heavy atom. The van der Waals surface area contributed by atoms with Crippen molar-refractivity contribution in [3.05, 3.63) is 42.0 Å². The molecule has 23 heavy (non-hydrogen) atoms. The van der Waals surface area contributed by atoms with Crippen LogP contribution < -0.4 is 5.43 Å². The molecule has 2 bridgehead atoms. The normalized spacial score (nSPS) is 25.0. The highest BCUT2D eigenvalue weighted by atomic mass is 16.3. The van der Waals surface area contributed by atoms with Crippen LogP contribution >= 0.6 is 0 Å². The summed E-state index contributed by atoms with van der Waals surface area (Å²) >= 11 is 0. The van der Waals surface area contributed by atoms with E-state index in [0.29, 0.717) is 5.92 Å². The molecule has 5 rings (SSSR count). The number of carbonyl (C=O) groups excluding carboxylic acids is 1. The zero-order valence-corrected chi connectivity index (χ0v) is 12.8. The van der Waals surface area contributed by atoms with E-state index in [0.717, 1.165) is 49.0 Å². The molecule has 5 heteroatoms. The fraction of sp³-hybridized carbons (Fsp3) is 0.333. The predicted molar refractivity (Wildman–Crippen MR) is 89.7 cm³/mol. The molecule has 3 heterocycles. The SMILES string of the molecule is O=C(NN=C1CN2CCC1CC2)c1cc2ccccc2cc1O. The van der Waals surface area contributed by atoms with E-state index in [1.165, 1.54) is 0 Å². The Kier molecular flexibility index (Phi) is 3.50. The predicted octanol–water partition coefficient (Wildman–Crippen LogP) is 2.36. The first-order valence-electron chi connectivity index (χ1n) is 8.01. The van der Waals surface area contributed by atoms with Crippen molar-refractivity contribution in [2.45, 2.75) is 12.8 Å². The van der Waals surface area contributed by atoms with Gasteiger partial charge < -0.3 is 5.11 Å². The fourth-order valence-corrected chi connectivity index (χ4v) is 3.50. The van der Waals surface area contributed by atoms with Crippen molar-refractivity contribution in [3.8, 4) is 5.75 Å². The molecule has 3 saturated heterocycles. The van der Waals surface area contributed by atoms with Gasteiger partial charge in [-0.05, 0) is 48.8 Å². The van der Waals surface area contributed by atoms with Gasteiger partial charge in [-0.3, -0.25) is 9.69 Å². The second-order valence-corrected chi connectivity index (χ2v) is 6.31. The molecule has 0 radical (unpaired) electrons. The summed E-state index contributed by atoms with van der Waals surface area (Å²) in [6.45, 7) is 3.10. The van der Waals surface area contributed by atoms with Gasteiger partial charge in [0.25, 0.3) is 5.91 Å². The van der Waals surface area contributed by atoms with E-state index < -0.39 is 0 Å². The molecule has 118 valence electrons. The van der Waals surface area contributed by atoms with Gasteiger partial charge in [0.15, 0.2) is 0 Å². The van der Waals surface area contributed by atoms with Crippen molar-refractivity contribution in [2.75, 3.05) is 19.6 Å². The molecule has 0 unspecified atom stereocenters. The molecule has 0 aromatic heterocycles. The number of phenols is 1. The van der Waals surface area contributed by atoms with Crippen molar-refractivity contribution in [1.82, 2.24) is 10.3 Å². The molecule has 0 atom stereocenters. The first-order valence-corrected chi connectivity index (χ1v) is 8.01. The minimum atomic E-state index is -0.364. The summed E-state index contributed by atoms with van der Waals surface area (Å²) in [4.78, 5) is 14.7. The lowest BCUT2D eigenvalue weighted by atomic mass is 9.87. The van der Waals surface area contributed by atoms with Gasteiger partial charge in [0.05, 0.1) is 11.3 Å². The summed E-state index contributed by atoms with van der Waals surface area (Å²) in [6.07, 6.45) is 2.24. The fourth-order valence-electron chi connectivity index (χ4n) is 3.50. The van der Waals surface area contributed by atoms with E-state index >= 15 is 0 Å². The summed E-state index contributed by atoms with van der Waals surface area (Å²) in [7, 11) is 0. The Labute approximate surface area is 134 Å². The Bertz CT molecular complexity index is 792. The number of nitrogens with zero attached hydrogens (tertiary/aromatic N) is 2. The third-order valence-electron chi connectivity index (χ3n) is 4.85. The monoisotopic (exact) mass is 309 g/mol. The lowest BCUT2D eigenvalue weighted by Gasteiger charge is -2.39. The molecule has 2 aromatic rings. The average Bonchev–Trinajstić information content (AvgIpc) is 2.60. The molecule has 5 nitrogen and oxygen atoms in total. The molecule has 0 spiro atoms. The third-order valence-corrected chi connectivity index (χ3v) is 4.85. The summed E-state index contributed by atoms with van der Waals surface area (Å²) in [5.74, 6) is 0.109. The quantitative estimate of drug-likeness (QED) is 0.837. The number of fused-ring (bicyclic) bond motifs is 4. The smallest absolute Gasteiger partial charge is 0.275 e. The summed E-state index contributed by atoms with van der Waals surface area (Å²) < 4.78 is 0. The standard InChI is InChI=1S/C18H19N3O2/c22-17-10-14-4-2-1-3-13(14)9-15(17)18(23)20-19-16-11-21-7-5-12(16)6-8-21/h1-4,9-10,12,22H,5-8,11H2,(H,20,23). The number of hydrazone groups is 1. The lowest BCUT2D eigenvalue weighted by molar-refractivity contribution is 0.0950. The largest absolute Gasteiger partial charge is 0.507 e. The first-order chi connectivity index (χ1) is 11.2. The van der Waals surface area contributed by atoms with Gasteiger partial charge in [-0.2, -0.15) is 5.10 Å². The van der Waals surface area contributed by atoms with Crippen LogP contribution in [0.5, 0.6) is 5.75 Å². The number of amides is 1. The van der Waals surface area contributed by atoms with Gasteiger partial charge in [0.1, 0.15) is 5.75 Å². The maximum absolute atomic E-state index is 12.4. The van der Waals surface area contributed by atoms with Crippen LogP contribution in [0.1, 0.15) is 23.2 Å². The van der Waals surface area contributed by atoms with Crippen LogP contribution in [0.3, 0.4) is 0 Å². The maximum atomic E-state index is 12.4. The zero-order valence-electron chi connectivity index (χ0n) is 12.8. The minimum Gasteiger partial charge on any atom is -0.507 e. The molecular weight excluding hydrogens is 290 g/mol. The summed E-state index contributed by atoms with van der Waals surface area (Å²) in [5.41, 5.74) is 3.93. The molecule has 0 aliphatic carbocycles. The van der Waals surface area contributed by atoms with Gasteiger partial charge in [-0.15, -0.1) is 0 Å². The van der Waals surface area contributed by atoms with Crippen LogP contribution in [0.4, 0.5) is 0 Å². The van der Waals surface area contributed by atoms with Crippen LogP contribution in [0.15, 0.2) is 41.5 Å². The number of nitrogens with one attached hydrogen (secondary N) is 1. The minimum absolute atomic E-state index is 0.0182. The van der Waals surface area contributed by atoms with E-state index in [-0.39, 0.29) is 17.2 Å². The van der Waals surface area contributed by atoms with E-state index in [1.807, 2.05) is 24.3 Å². The first kappa shape index (κ1) is 14.2. The number of benzene rings is 2. The molecular formula is C18H19N3O2. The second kappa shape index (κ2) is 5.66. The number of carbonyl (C=O) groups is 1. The van der Waals surface area contributed by atoms with Gasteiger partial charge in [-0.25, -0.2) is 5.43 Å². The molecule has 2 N–H and O–H groups in total. The number of rotatable bonds is 2. The van der Waals surface area contributed by atoms with Crippen LogP contribution in [-0.4, -0.2) is 41.3 Å². The van der Waals surface area contributed by atoms with E-state index in [2.05, 4.69) is 15.4 Å². The van der Waals surface area contributed by atoms with Gasteiger partial charge in [0.2, 0.25) is 0 Å². The Morgan fingerprint density at radius 1 is 1.17 bits per heavy atom. The van der Waals surface area contributed by atoms with Crippen LogP contribution in [0.2, 0.25) is 0 Å². The summed E-state index contributed by atoms with van der Waals surface area (Å²) in [6, 6.07) is 11.0. The molecule has 3 aliphatic rings. The number of piperidine rings is 3. The van der Waals surface area contributed by atoms with E-state index in [9.17, 15) is 9.90 Å². The average molecular weight is 309 g/mol. The topological polar surface area (TPSA) is 64.9 Å². The molecule has 3 aliphatic heterocycles. The van der Waals surface area contributed by atoms with Crippen LogP contribution in [0.25, 0.3) is 10.8 Å². The maximum Gasteiger partial charge on any atom is 0.275 e. The molecule has 2 aromatic carbocycles. The highest BCUT2D eigenvalue weighted by Gasteiger charge is 2.31. The van der Waals surface area contributed by atoms with Gasteiger partial charge in [-0.1, -0.05) is 24.3 Å². The van der Waals surface area contributed by atoms with E-state index in [1.54, 1.807) is 12.1 Å². The molecule has 3 fully saturated rings. The van der Waals surface area contributed by atoms with Gasteiger partial charge in [0, 0.05) is 12.5 Å². The number of phenolic OH excluding ortho intramolecular Hbond substituents is 1. The Morgan fingerprint density at radius 3 is 2.52 bits per heavy atom.